The molecule has 4 heteroatoms. The van der Waals surface area contributed by atoms with Crippen LogP contribution in [0.5, 0.6) is 0 Å². The van der Waals surface area contributed by atoms with Gasteiger partial charge in [0.05, 0.1) is 0 Å². The third kappa shape index (κ3) is 2.77. The fourth-order valence-corrected chi connectivity index (χ4v) is 1.94. The number of carbonyl (C=O) groups is 1. The van der Waals surface area contributed by atoms with Gasteiger partial charge in [0, 0.05) is 10.2 Å². The monoisotopic (exact) mass is 303 g/mol. The summed E-state index contributed by atoms with van der Waals surface area (Å²) in [6.07, 6.45) is 0. The van der Waals surface area contributed by atoms with Crippen molar-refractivity contribution in [3.8, 4) is 0 Å². The van der Waals surface area contributed by atoms with Crippen molar-refractivity contribution in [3.63, 3.8) is 0 Å². The number of rotatable bonds is 2. The quantitative estimate of drug-likeness (QED) is 0.824. The van der Waals surface area contributed by atoms with Crippen LogP contribution in [-0.2, 0) is 4.79 Å². The van der Waals surface area contributed by atoms with Crippen LogP contribution >= 0.6 is 27.5 Å². The molecule has 0 saturated heterocycles. The highest BCUT2D eigenvalue weighted by molar-refractivity contribution is 9.10. The third-order valence-corrected chi connectivity index (χ3v) is 3.91. The second-order valence-corrected chi connectivity index (χ2v) is 5.38. The molecule has 1 rings (SSSR count). The smallest absolute Gasteiger partial charge is 0.242 e. The summed E-state index contributed by atoms with van der Waals surface area (Å²) in [5, 5.41) is 2.32. The predicted molar refractivity (Wildman–Crippen MR) is 72.3 cm³/mol. The van der Waals surface area contributed by atoms with Crippen LogP contribution in [0.3, 0.4) is 0 Å². The molecule has 16 heavy (non-hydrogen) atoms. The molecule has 0 radical (unpaired) electrons. The Bertz CT molecular complexity index is 430. The fourth-order valence-electron chi connectivity index (χ4n) is 1.58. The number of carbonyl (C=O) groups excluding carboxylic acids is 1. The van der Waals surface area contributed by atoms with Gasteiger partial charge in [-0.1, -0.05) is 22.0 Å². The molecular formula is C12H15BrClNO. The highest BCUT2D eigenvalue weighted by atomic mass is 79.9. The topological polar surface area (TPSA) is 29.1 Å². The molecule has 0 unspecified atom stereocenters. The van der Waals surface area contributed by atoms with E-state index >= 15 is 0 Å². The van der Waals surface area contributed by atoms with E-state index in [9.17, 15) is 4.79 Å². The Kier molecular flexibility index (Phi) is 4.39. The highest BCUT2D eigenvalue weighted by Crippen LogP contribution is 2.30. The fraction of sp³-hybridized carbons (Fsp3) is 0.417. The van der Waals surface area contributed by atoms with Crippen LogP contribution in [0, 0.1) is 20.8 Å². The molecule has 0 fully saturated rings. The van der Waals surface area contributed by atoms with E-state index in [0.717, 1.165) is 26.9 Å². The second-order valence-electron chi connectivity index (χ2n) is 3.93. The second kappa shape index (κ2) is 5.19. The molecule has 88 valence electrons. The van der Waals surface area contributed by atoms with Crippen LogP contribution in [0.1, 0.15) is 23.6 Å². The van der Waals surface area contributed by atoms with Crippen molar-refractivity contribution in [2.75, 3.05) is 5.32 Å². The molecule has 1 aromatic rings. The Labute approximate surface area is 110 Å². The van der Waals surface area contributed by atoms with E-state index in [1.54, 1.807) is 6.92 Å². The lowest BCUT2D eigenvalue weighted by Gasteiger charge is -2.15. The van der Waals surface area contributed by atoms with Gasteiger partial charge in [0.25, 0.3) is 0 Å². The van der Waals surface area contributed by atoms with Crippen molar-refractivity contribution in [2.45, 2.75) is 33.1 Å². The minimum Gasteiger partial charge on any atom is -0.324 e. The van der Waals surface area contributed by atoms with Crippen LogP contribution < -0.4 is 5.32 Å². The maximum absolute atomic E-state index is 11.6. The van der Waals surface area contributed by atoms with E-state index in [1.807, 2.05) is 26.8 Å². The van der Waals surface area contributed by atoms with Crippen molar-refractivity contribution >= 4 is 39.1 Å². The Morgan fingerprint density at radius 2 is 1.94 bits per heavy atom. The normalized spacial score (nSPS) is 12.4. The van der Waals surface area contributed by atoms with E-state index in [1.165, 1.54) is 0 Å². The molecule has 0 heterocycles. The van der Waals surface area contributed by atoms with Crippen LogP contribution in [0.15, 0.2) is 10.5 Å². The zero-order valence-corrected chi connectivity index (χ0v) is 12.2. The zero-order chi connectivity index (χ0) is 12.5. The van der Waals surface area contributed by atoms with Crippen LogP contribution in [0.25, 0.3) is 0 Å². The van der Waals surface area contributed by atoms with Crippen molar-refractivity contribution in [2.24, 2.45) is 0 Å². The summed E-state index contributed by atoms with van der Waals surface area (Å²) in [6.45, 7) is 7.63. The molecule has 0 aliphatic rings. The summed E-state index contributed by atoms with van der Waals surface area (Å²) < 4.78 is 1.02. The van der Waals surface area contributed by atoms with Gasteiger partial charge < -0.3 is 5.32 Å². The number of alkyl halides is 1. The van der Waals surface area contributed by atoms with Gasteiger partial charge >= 0.3 is 0 Å². The number of nitrogens with one attached hydrogen (secondary N) is 1. The minimum absolute atomic E-state index is 0.177. The number of amides is 1. The molecule has 0 aliphatic heterocycles. The summed E-state index contributed by atoms with van der Waals surface area (Å²) in [6, 6.07) is 2.03. The molecular weight excluding hydrogens is 289 g/mol. The molecule has 1 N–H and O–H groups in total. The van der Waals surface area contributed by atoms with E-state index in [-0.39, 0.29) is 5.91 Å². The summed E-state index contributed by atoms with van der Waals surface area (Å²) in [7, 11) is 0. The molecule has 0 saturated carbocycles. The standard InChI is InChI=1S/C12H15BrClNO/c1-6-5-7(2)11(8(3)10(6)13)15-12(16)9(4)14/h5,9H,1-4H3,(H,15,16)/t9-/m1/s1. The summed E-state index contributed by atoms with van der Waals surface area (Å²) >= 11 is 9.24. The SMILES string of the molecule is Cc1cc(C)c(NC(=O)[C@@H](C)Cl)c(C)c1Br. The zero-order valence-electron chi connectivity index (χ0n) is 9.82. The first-order chi connectivity index (χ1) is 7.34. The molecule has 0 spiro atoms. The van der Waals surface area contributed by atoms with Crippen molar-refractivity contribution in [1.29, 1.82) is 0 Å². The van der Waals surface area contributed by atoms with Crippen molar-refractivity contribution in [1.82, 2.24) is 0 Å². The van der Waals surface area contributed by atoms with Crippen LogP contribution in [0.4, 0.5) is 5.69 Å². The van der Waals surface area contributed by atoms with E-state index in [4.69, 9.17) is 11.6 Å². The summed E-state index contributed by atoms with van der Waals surface area (Å²) in [4.78, 5) is 11.6. The van der Waals surface area contributed by atoms with Gasteiger partial charge in [-0.3, -0.25) is 4.79 Å². The molecule has 0 aromatic heterocycles. The molecule has 0 bridgehead atoms. The predicted octanol–water partition coefficient (Wildman–Crippen LogP) is 3.94. The lowest BCUT2D eigenvalue weighted by Crippen LogP contribution is -2.21. The average Bonchev–Trinajstić information content (AvgIpc) is 2.20. The maximum atomic E-state index is 11.6. The van der Waals surface area contributed by atoms with E-state index in [2.05, 4.69) is 21.2 Å². The van der Waals surface area contributed by atoms with Gasteiger partial charge in [-0.2, -0.15) is 0 Å². The number of halogens is 2. The molecule has 1 amide bonds. The van der Waals surface area contributed by atoms with Crippen molar-refractivity contribution in [3.05, 3.63) is 27.2 Å². The first kappa shape index (κ1) is 13.5. The largest absolute Gasteiger partial charge is 0.324 e. The van der Waals surface area contributed by atoms with Crippen molar-refractivity contribution < 1.29 is 4.79 Å². The van der Waals surface area contributed by atoms with E-state index in [0.29, 0.717) is 0 Å². The maximum Gasteiger partial charge on any atom is 0.242 e. The van der Waals surface area contributed by atoms with Gasteiger partial charge in [0.2, 0.25) is 5.91 Å². The number of anilines is 1. The first-order valence-corrected chi connectivity index (χ1v) is 6.28. The lowest BCUT2D eigenvalue weighted by atomic mass is 10.0. The number of hydrogen-bond acceptors (Lipinski definition) is 1. The summed E-state index contributed by atoms with van der Waals surface area (Å²) in [5.41, 5.74) is 4.08. The summed E-state index contributed by atoms with van der Waals surface area (Å²) in [5.74, 6) is -0.177. The molecule has 0 aliphatic carbocycles. The van der Waals surface area contributed by atoms with E-state index < -0.39 is 5.38 Å². The van der Waals surface area contributed by atoms with Gasteiger partial charge in [-0.05, 0) is 44.4 Å². The Balaban J connectivity index is 3.15. The van der Waals surface area contributed by atoms with Gasteiger partial charge in [0.15, 0.2) is 0 Å². The Hall–Kier alpha value is -0.540. The number of aryl methyl sites for hydroxylation is 2. The van der Waals surface area contributed by atoms with Gasteiger partial charge in [-0.25, -0.2) is 0 Å². The first-order valence-electron chi connectivity index (χ1n) is 5.05. The third-order valence-electron chi connectivity index (χ3n) is 2.49. The average molecular weight is 305 g/mol. The number of benzene rings is 1. The van der Waals surface area contributed by atoms with Crippen LogP contribution in [-0.4, -0.2) is 11.3 Å². The Morgan fingerprint density at radius 1 is 1.38 bits per heavy atom. The molecule has 2 nitrogen and oxygen atoms in total. The Morgan fingerprint density at radius 3 is 2.44 bits per heavy atom. The molecule has 1 aromatic carbocycles. The molecule has 1 atom stereocenters. The van der Waals surface area contributed by atoms with Crippen LogP contribution in [0.2, 0.25) is 0 Å². The lowest BCUT2D eigenvalue weighted by molar-refractivity contribution is -0.115. The number of hydrogen-bond donors (Lipinski definition) is 1. The van der Waals surface area contributed by atoms with Gasteiger partial charge in [0.1, 0.15) is 5.38 Å². The highest BCUT2D eigenvalue weighted by Gasteiger charge is 2.14. The van der Waals surface area contributed by atoms with Gasteiger partial charge in [-0.15, -0.1) is 11.6 Å². The minimum atomic E-state index is -0.529.